The van der Waals surface area contributed by atoms with Crippen molar-refractivity contribution in [3.63, 3.8) is 0 Å². The second-order valence-electron chi connectivity index (χ2n) is 14.5. The Hall–Kier alpha value is -7.22. The molecule has 0 N–H and O–H groups in total. The predicted octanol–water partition coefficient (Wildman–Crippen LogP) is 14.5. The van der Waals surface area contributed by atoms with Gasteiger partial charge in [-0.1, -0.05) is 200 Å². The van der Waals surface area contributed by atoms with Crippen molar-refractivity contribution in [3.8, 4) is 44.5 Å². The van der Waals surface area contributed by atoms with E-state index in [0.717, 1.165) is 17.1 Å². The van der Waals surface area contributed by atoms with Gasteiger partial charge in [0.25, 0.3) is 0 Å². The number of nitrogens with zero attached hydrogens (tertiary/aromatic N) is 1. The van der Waals surface area contributed by atoms with Crippen molar-refractivity contribution in [2.75, 3.05) is 4.90 Å². The predicted molar refractivity (Wildman–Crippen MR) is 235 cm³/mol. The second-order valence-corrected chi connectivity index (χ2v) is 14.5. The molecule has 0 aromatic heterocycles. The fraction of sp³-hybridized carbons (Fsp3) is 0.0182. The molecule has 1 aliphatic carbocycles. The van der Waals surface area contributed by atoms with E-state index in [1.54, 1.807) is 0 Å². The van der Waals surface area contributed by atoms with Crippen LogP contribution in [0.25, 0.3) is 44.5 Å². The zero-order valence-corrected chi connectivity index (χ0v) is 31.0. The largest absolute Gasteiger partial charge is 0.311 e. The Labute approximate surface area is 329 Å². The summed E-state index contributed by atoms with van der Waals surface area (Å²) in [5.74, 6) is 0. The lowest BCUT2D eigenvalue weighted by Gasteiger charge is -2.34. The zero-order valence-electron chi connectivity index (χ0n) is 31.0. The number of rotatable bonds is 8. The Morgan fingerprint density at radius 3 is 0.875 bits per heavy atom. The topological polar surface area (TPSA) is 3.24 Å². The molecule has 10 rings (SSSR count). The smallest absolute Gasteiger partial charge is 0.0713 e. The van der Waals surface area contributed by atoms with Gasteiger partial charge in [-0.2, -0.15) is 0 Å². The Bertz CT molecular complexity index is 2610. The van der Waals surface area contributed by atoms with Gasteiger partial charge in [0.05, 0.1) is 5.41 Å². The van der Waals surface area contributed by atoms with E-state index in [1.165, 1.54) is 66.8 Å². The number of hydrogen-bond donors (Lipinski definition) is 0. The normalized spacial score (nSPS) is 12.4. The van der Waals surface area contributed by atoms with Crippen molar-refractivity contribution >= 4 is 17.1 Å². The Morgan fingerprint density at radius 2 is 0.500 bits per heavy atom. The molecule has 0 saturated heterocycles. The highest BCUT2D eigenvalue weighted by Crippen LogP contribution is 2.56. The summed E-state index contributed by atoms with van der Waals surface area (Å²) >= 11 is 0. The van der Waals surface area contributed by atoms with Gasteiger partial charge in [-0.15, -0.1) is 0 Å². The van der Waals surface area contributed by atoms with Gasteiger partial charge in [0, 0.05) is 17.1 Å². The van der Waals surface area contributed by atoms with Crippen LogP contribution in [0, 0.1) is 0 Å². The van der Waals surface area contributed by atoms with Crippen LogP contribution in [0.1, 0.15) is 22.3 Å². The molecular formula is C55H39N. The van der Waals surface area contributed by atoms with Crippen LogP contribution in [0.15, 0.2) is 237 Å². The van der Waals surface area contributed by atoms with E-state index in [4.69, 9.17) is 0 Å². The van der Waals surface area contributed by atoms with Gasteiger partial charge >= 0.3 is 0 Å². The van der Waals surface area contributed by atoms with E-state index < -0.39 is 5.41 Å². The average Bonchev–Trinajstić information content (AvgIpc) is 3.59. The number of anilines is 3. The highest BCUT2D eigenvalue weighted by Gasteiger charge is 2.45. The van der Waals surface area contributed by atoms with Crippen molar-refractivity contribution < 1.29 is 0 Å². The maximum Gasteiger partial charge on any atom is 0.0713 e. The molecule has 9 aromatic rings. The maximum absolute atomic E-state index is 2.37. The van der Waals surface area contributed by atoms with Crippen molar-refractivity contribution in [1.82, 2.24) is 0 Å². The van der Waals surface area contributed by atoms with E-state index in [2.05, 4.69) is 241 Å². The molecule has 0 bridgehead atoms. The van der Waals surface area contributed by atoms with Crippen LogP contribution in [0.2, 0.25) is 0 Å². The molecule has 1 aliphatic rings. The molecule has 0 unspecified atom stereocenters. The van der Waals surface area contributed by atoms with Crippen LogP contribution in [-0.4, -0.2) is 0 Å². The maximum atomic E-state index is 2.37. The summed E-state index contributed by atoms with van der Waals surface area (Å²) in [6.07, 6.45) is 0. The monoisotopic (exact) mass is 713 g/mol. The number of hydrogen-bond acceptors (Lipinski definition) is 1. The lowest BCUT2D eigenvalue weighted by molar-refractivity contribution is 0.768. The molecule has 1 nitrogen and oxygen atoms in total. The van der Waals surface area contributed by atoms with Gasteiger partial charge in [0.2, 0.25) is 0 Å². The van der Waals surface area contributed by atoms with Crippen LogP contribution in [0.5, 0.6) is 0 Å². The molecule has 0 fully saturated rings. The van der Waals surface area contributed by atoms with E-state index >= 15 is 0 Å². The standard InChI is InChI=1S/C55H39N/c1-4-14-40(15-5-1)43-24-30-46(31-25-43)55(53-22-12-10-20-51(53)52-21-11-13-23-54(52)55)47-32-38-50(39-33-47)56(48-34-26-44(27-35-48)41-16-6-2-7-17-41)49-36-28-45(29-37-49)42-18-8-3-9-19-42/h1-39H. The molecule has 0 amide bonds. The first-order chi connectivity index (χ1) is 27.8. The molecular weight excluding hydrogens is 675 g/mol. The fourth-order valence-corrected chi connectivity index (χ4v) is 8.74. The van der Waals surface area contributed by atoms with E-state index in [0.29, 0.717) is 0 Å². The van der Waals surface area contributed by atoms with Crippen LogP contribution in [-0.2, 0) is 5.41 Å². The number of fused-ring (bicyclic) bond motifs is 3. The van der Waals surface area contributed by atoms with Crippen LogP contribution < -0.4 is 4.90 Å². The van der Waals surface area contributed by atoms with Gasteiger partial charge in [-0.05, 0) is 103 Å². The van der Waals surface area contributed by atoms with Gasteiger partial charge in [0.15, 0.2) is 0 Å². The number of benzene rings is 9. The van der Waals surface area contributed by atoms with Crippen molar-refractivity contribution in [2.24, 2.45) is 0 Å². The van der Waals surface area contributed by atoms with Gasteiger partial charge in [-0.3, -0.25) is 0 Å². The molecule has 0 saturated carbocycles. The molecule has 0 aliphatic heterocycles. The quantitative estimate of drug-likeness (QED) is 0.152. The zero-order chi connectivity index (χ0) is 37.3. The summed E-state index contributed by atoms with van der Waals surface area (Å²) < 4.78 is 0. The van der Waals surface area contributed by atoms with Crippen molar-refractivity contribution in [1.29, 1.82) is 0 Å². The third-order valence-electron chi connectivity index (χ3n) is 11.4. The molecule has 1 heteroatoms. The first-order valence-corrected chi connectivity index (χ1v) is 19.3. The van der Waals surface area contributed by atoms with Gasteiger partial charge < -0.3 is 4.90 Å². The molecule has 0 atom stereocenters. The van der Waals surface area contributed by atoms with Crippen molar-refractivity contribution in [3.05, 3.63) is 259 Å². The van der Waals surface area contributed by atoms with E-state index in [-0.39, 0.29) is 0 Å². The molecule has 0 heterocycles. The Morgan fingerprint density at radius 1 is 0.232 bits per heavy atom. The first-order valence-electron chi connectivity index (χ1n) is 19.3. The van der Waals surface area contributed by atoms with Crippen LogP contribution >= 0.6 is 0 Å². The SMILES string of the molecule is c1ccc(-c2ccc(N(c3ccc(-c4ccccc4)cc3)c3ccc(C4(c5ccc(-c6ccccc6)cc5)c5ccccc5-c5ccccc54)cc3)cc2)cc1. The molecule has 56 heavy (non-hydrogen) atoms. The minimum atomic E-state index is -0.486. The lowest BCUT2D eigenvalue weighted by atomic mass is 9.67. The highest BCUT2D eigenvalue weighted by molar-refractivity contribution is 5.87. The molecule has 9 aromatic carbocycles. The summed E-state index contributed by atoms with van der Waals surface area (Å²) in [5, 5.41) is 0. The molecule has 264 valence electrons. The van der Waals surface area contributed by atoms with Crippen LogP contribution in [0.4, 0.5) is 17.1 Å². The minimum Gasteiger partial charge on any atom is -0.311 e. The summed E-state index contributed by atoms with van der Waals surface area (Å²) in [5.41, 5.74) is 17.8. The molecule has 0 spiro atoms. The van der Waals surface area contributed by atoms with Crippen LogP contribution in [0.3, 0.4) is 0 Å². The first kappa shape index (κ1) is 33.4. The summed E-state index contributed by atoms with van der Waals surface area (Å²) in [4.78, 5) is 2.37. The Balaban J connectivity index is 1.11. The van der Waals surface area contributed by atoms with E-state index in [1.807, 2.05) is 0 Å². The Kier molecular flexibility index (Phi) is 8.46. The lowest BCUT2D eigenvalue weighted by Crippen LogP contribution is -2.28. The van der Waals surface area contributed by atoms with Crippen molar-refractivity contribution in [2.45, 2.75) is 5.41 Å². The summed E-state index contributed by atoms with van der Waals surface area (Å²) in [6, 6.07) is 86.1. The fourth-order valence-electron chi connectivity index (χ4n) is 8.74. The average molecular weight is 714 g/mol. The minimum absolute atomic E-state index is 0.486. The highest BCUT2D eigenvalue weighted by atomic mass is 15.1. The van der Waals surface area contributed by atoms with E-state index in [9.17, 15) is 0 Å². The third kappa shape index (κ3) is 5.73. The molecule has 0 radical (unpaired) electrons. The third-order valence-corrected chi connectivity index (χ3v) is 11.4. The summed E-state index contributed by atoms with van der Waals surface area (Å²) in [6.45, 7) is 0. The van der Waals surface area contributed by atoms with Gasteiger partial charge in [-0.25, -0.2) is 0 Å². The van der Waals surface area contributed by atoms with Gasteiger partial charge in [0.1, 0.15) is 0 Å². The summed E-state index contributed by atoms with van der Waals surface area (Å²) in [7, 11) is 0. The second kappa shape index (κ2) is 14.2.